The van der Waals surface area contributed by atoms with Gasteiger partial charge in [-0.15, -0.1) is 0 Å². The van der Waals surface area contributed by atoms with Crippen molar-refractivity contribution < 1.29 is 24.6 Å². The highest BCUT2D eigenvalue weighted by Crippen LogP contribution is 2.40. The van der Waals surface area contributed by atoms with E-state index in [2.05, 4.69) is 61.3 Å². The molecule has 2 atom stereocenters. The molecule has 0 saturated heterocycles. The third-order valence-corrected chi connectivity index (χ3v) is 6.03. The number of carbonyl (C=O) groups excluding carboxylic acids is 1. The summed E-state index contributed by atoms with van der Waals surface area (Å²) in [6, 6.07) is 6.82. The molecule has 1 aromatic carbocycles. The number of H-pyrrole nitrogens is 1. The van der Waals surface area contributed by atoms with Crippen LogP contribution in [0.15, 0.2) is 42.6 Å². The number of rotatable bonds is 5. The molecule has 0 radical (unpaired) electrons. The van der Waals surface area contributed by atoms with E-state index in [1.165, 1.54) is 27.6 Å². The molecule has 2 heterocycles. The molecule has 1 aliphatic heterocycles. The van der Waals surface area contributed by atoms with Gasteiger partial charge in [0.1, 0.15) is 0 Å². The summed E-state index contributed by atoms with van der Waals surface area (Å²) in [7, 11) is 2.15. The van der Waals surface area contributed by atoms with Crippen LogP contribution in [0.25, 0.3) is 16.5 Å². The second kappa shape index (κ2) is 9.82. The number of carbonyl (C=O) groups is 3. The fraction of sp³-hybridized carbons (Fsp3) is 0.375. The van der Waals surface area contributed by atoms with Gasteiger partial charge in [0.15, 0.2) is 0 Å². The standard InChI is InChI=1S/C20H25N3O.C4H4O4/c1-4-23(5-2)20(24)14-9-16-15-7-6-8-17-19(15)13(11-21-17)10-18(16)22(3)12-14;5-3(6)1-2-4(7)8/h6-9,11,14,18,21H,4-5,10,12H2,1-3H3;1-2H,(H,5,6)(H,7,8)/b;2-1-/t14-,18-;/m1./s1. The normalized spacial score (nSPS) is 19.7. The Labute approximate surface area is 186 Å². The van der Waals surface area contributed by atoms with Gasteiger partial charge in [0.05, 0.1) is 5.92 Å². The van der Waals surface area contributed by atoms with Crippen molar-refractivity contribution in [3.63, 3.8) is 0 Å². The summed E-state index contributed by atoms with van der Waals surface area (Å²) >= 11 is 0. The molecule has 3 N–H and O–H groups in total. The molecule has 1 aliphatic carbocycles. The number of likely N-dealkylation sites (N-methyl/N-ethyl adjacent to an activating group) is 1. The maximum absolute atomic E-state index is 12.9. The lowest BCUT2D eigenvalue weighted by molar-refractivity contribution is -0.134. The fourth-order valence-corrected chi connectivity index (χ4v) is 4.52. The predicted octanol–water partition coefficient (Wildman–Crippen LogP) is 2.62. The third kappa shape index (κ3) is 4.75. The maximum Gasteiger partial charge on any atom is 0.328 e. The molecule has 2 aliphatic rings. The van der Waals surface area contributed by atoms with Crippen molar-refractivity contribution in [1.82, 2.24) is 14.8 Å². The monoisotopic (exact) mass is 439 g/mol. The largest absolute Gasteiger partial charge is 0.478 e. The van der Waals surface area contributed by atoms with Crippen LogP contribution in [0.2, 0.25) is 0 Å². The first-order chi connectivity index (χ1) is 15.3. The zero-order chi connectivity index (χ0) is 23.4. The number of hydrogen-bond donors (Lipinski definition) is 3. The van der Waals surface area contributed by atoms with Crippen molar-refractivity contribution in [1.29, 1.82) is 0 Å². The van der Waals surface area contributed by atoms with E-state index in [1.54, 1.807) is 0 Å². The Morgan fingerprint density at radius 2 is 1.81 bits per heavy atom. The Balaban J connectivity index is 0.000000312. The minimum Gasteiger partial charge on any atom is -0.478 e. The molecule has 8 nitrogen and oxygen atoms in total. The summed E-state index contributed by atoms with van der Waals surface area (Å²) in [6.07, 6.45) is 6.53. The quantitative estimate of drug-likeness (QED) is 0.617. The van der Waals surface area contributed by atoms with Gasteiger partial charge in [-0.2, -0.15) is 0 Å². The smallest absolute Gasteiger partial charge is 0.328 e. The number of hydrogen-bond acceptors (Lipinski definition) is 4. The molecular weight excluding hydrogens is 410 g/mol. The summed E-state index contributed by atoms with van der Waals surface area (Å²) in [5, 5.41) is 17.0. The van der Waals surface area contributed by atoms with Gasteiger partial charge in [-0.05, 0) is 50.1 Å². The minimum absolute atomic E-state index is 0.0445. The van der Waals surface area contributed by atoms with Crippen LogP contribution < -0.4 is 0 Å². The van der Waals surface area contributed by atoms with Crippen LogP contribution in [0.4, 0.5) is 0 Å². The van der Waals surface area contributed by atoms with E-state index in [-0.39, 0.29) is 11.8 Å². The minimum atomic E-state index is -1.26. The highest BCUT2D eigenvalue weighted by molar-refractivity contribution is 5.99. The first-order valence-corrected chi connectivity index (χ1v) is 10.7. The Kier molecular flexibility index (Phi) is 7.15. The lowest BCUT2D eigenvalue weighted by Gasteiger charge is -2.40. The van der Waals surface area contributed by atoms with Gasteiger partial charge >= 0.3 is 11.9 Å². The molecule has 0 saturated carbocycles. The number of amides is 1. The van der Waals surface area contributed by atoms with Gasteiger partial charge in [0.2, 0.25) is 5.91 Å². The lowest BCUT2D eigenvalue weighted by atomic mass is 9.79. The van der Waals surface area contributed by atoms with Gasteiger partial charge in [0, 0.05) is 54.9 Å². The zero-order valence-corrected chi connectivity index (χ0v) is 18.5. The van der Waals surface area contributed by atoms with Crippen molar-refractivity contribution in [3.05, 3.63) is 53.8 Å². The molecule has 0 spiro atoms. The Bertz CT molecular complexity index is 1060. The van der Waals surface area contributed by atoms with Crippen molar-refractivity contribution in [2.45, 2.75) is 26.3 Å². The molecule has 1 amide bonds. The number of benzene rings is 1. The Morgan fingerprint density at radius 1 is 1.16 bits per heavy atom. The van der Waals surface area contributed by atoms with E-state index in [9.17, 15) is 14.4 Å². The molecule has 4 rings (SSSR count). The molecule has 8 heteroatoms. The van der Waals surface area contributed by atoms with Crippen LogP contribution in [0.5, 0.6) is 0 Å². The molecule has 1 aromatic heterocycles. The number of aromatic nitrogens is 1. The van der Waals surface area contributed by atoms with Crippen LogP contribution in [0, 0.1) is 5.92 Å². The predicted molar refractivity (Wildman–Crippen MR) is 122 cm³/mol. The van der Waals surface area contributed by atoms with Crippen LogP contribution in [0.3, 0.4) is 0 Å². The summed E-state index contributed by atoms with van der Waals surface area (Å²) in [5.74, 6) is -2.30. The van der Waals surface area contributed by atoms with Crippen LogP contribution in [-0.4, -0.2) is 75.6 Å². The number of fused-ring (bicyclic) bond motifs is 2. The first-order valence-electron chi connectivity index (χ1n) is 10.7. The lowest BCUT2D eigenvalue weighted by Crippen LogP contribution is -2.47. The molecule has 32 heavy (non-hydrogen) atoms. The fourth-order valence-electron chi connectivity index (χ4n) is 4.52. The Hall–Kier alpha value is -3.39. The highest BCUT2D eigenvalue weighted by Gasteiger charge is 2.36. The number of nitrogens with one attached hydrogen (secondary N) is 1. The summed E-state index contributed by atoms with van der Waals surface area (Å²) in [5.41, 5.74) is 5.21. The zero-order valence-electron chi connectivity index (χ0n) is 18.5. The SMILES string of the molecule is CCN(CC)C(=O)[C@@H]1C=C2c3cccc4[nH]cc(c34)C[C@H]2N(C)C1.O=C(O)/C=C\C(=O)O. The molecule has 0 bridgehead atoms. The molecular formula is C24H29N3O5. The topological polar surface area (TPSA) is 114 Å². The average molecular weight is 440 g/mol. The van der Waals surface area contributed by atoms with E-state index < -0.39 is 11.9 Å². The molecule has 0 unspecified atom stereocenters. The second-order valence-corrected chi connectivity index (χ2v) is 7.95. The van der Waals surface area contributed by atoms with Crippen molar-refractivity contribution in [2.24, 2.45) is 5.92 Å². The molecule has 170 valence electrons. The summed E-state index contributed by atoms with van der Waals surface area (Å²) < 4.78 is 0. The van der Waals surface area contributed by atoms with Gasteiger partial charge in [-0.3, -0.25) is 9.69 Å². The number of carboxylic acids is 2. The van der Waals surface area contributed by atoms with Gasteiger partial charge in [-0.1, -0.05) is 18.2 Å². The first kappa shape index (κ1) is 23.3. The van der Waals surface area contributed by atoms with E-state index in [4.69, 9.17) is 10.2 Å². The van der Waals surface area contributed by atoms with E-state index in [1.807, 2.05) is 4.90 Å². The van der Waals surface area contributed by atoms with Gasteiger partial charge in [0.25, 0.3) is 0 Å². The van der Waals surface area contributed by atoms with Crippen molar-refractivity contribution in [3.8, 4) is 0 Å². The van der Waals surface area contributed by atoms with Gasteiger partial charge in [-0.25, -0.2) is 9.59 Å². The van der Waals surface area contributed by atoms with Crippen molar-refractivity contribution in [2.75, 3.05) is 26.7 Å². The molecule has 0 fully saturated rings. The second-order valence-electron chi connectivity index (χ2n) is 7.95. The van der Waals surface area contributed by atoms with E-state index >= 15 is 0 Å². The van der Waals surface area contributed by atoms with E-state index in [0.29, 0.717) is 18.2 Å². The van der Waals surface area contributed by atoms with Crippen LogP contribution in [0.1, 0.15) is 25.0 Å². The number of aromatic amines is 1. The van der Waals surface area contributed by atoms with Crippen molar-refractivity contribution >= 4 is 34.3 Å². The average Bonchev–Trinajstić information content (AvgIpc) is 3.18. The van der Waals surface area contributed by atoms with E-state index in [0.717, 1.165) is 26.1 Å². The molecule has 2 aromatic rings. The summed E-state index contributed by atoms with van der Waals surface area (Å²) in [6.45, 7) is 6.47. The Morgan fingerprint density at radius 3 is 2.41 bits per heavy atom. The number of nitrogens with zero attached hydrogens (tertiary/aromatic N) is 2. The maximum atomic E-state index is 12.9. The number of aliphatic carboxylic acids is 2. The number of carboxylic acid groups (broad SMARTS) is 2. The van der Waals surface area contributed by atoms with Gasteiger partial charge < -0.3 is 20.1 Å². The third-order valence-electron chi connectivity index (χ3n) is 6.03. The highest BCUT2D eigenvalue weighted by atomic mass is 16.4. The summed E-state index contributed by atoms with van der Waals surface area (Å²) in [4.78, 5) is 39.7. The van der Waals surface area contributed by atoms with Crippen LogP contribution >= 0.6 is 0 Å². The van der Waals surface area contributed by atoms with Crippen LogP contribution in [-0.2, 0) is 20.8 Å².